The van der Waals surface area contributed by atoms with Crippen molar-refractivity contribution in [2.24, 2.45) is 0 Å². The number of nitrogens with one attached hydrogen (secondary N) is 1. The van der Waals surface area contributed by atoms with E-state index in [2.05, 4.69) is 5.32 Å². The van der Waals surface area contributed by atoms with Crippen LogP contribution in [0.1, 0.15) is 50.9 Å². The number of pyridine rings is 1. The molecule has 2 aromatic rings. The molecule has 10 heteroatoms. The van der Waals surface area contributed by atoms with Gasteiger partial charge in [0.1, 0.15) is 17.2 Å². The highest BCUT2D eigenvalue weighted by Gasteiger charge is 2.38. The van der Waals surface area contributed by atoms with Crippen LogP contribution in [0.15, 0.2) is 23.1 Å². The fourth-order valence-electron chi connectivity index (χ4n) is 4.14. The van der Waals surface area contributed by atoms with Gasteiger partial charge in [0.25, 0.3) is 11.8 Å². The van der Waals surface area contributed by atoms with Gasteiger partial charge in [-0.2, -0.15) is 0 Å². The first-order valence-corrected chi connectivity index (χ1v) is 9.85. The Labute approximate surface area is 175 Å². The molecular weight excluding hydrogens is 412 g/mol. The highest BCUT2D eigenvalue weighted by Crippen LogP contribution is 2.32. The minimum Gasteiger partial charge on any atom is -0.503 e. The first-order valence-electron chi connectivity index (χ1n) is 9.85. The smallest absolute Gasteiger partial charge is 0.274 e. The predicted molar refractivity (Wildman–Crippen MR) is 105 cm³/mol. The van der Waals surface area contributed by atoms with Gasteiger partial charge in [0.05, 0.1) is 12.1 Å². The van der Waals surface area contributed by atoms with Crippen LogP contribution in [0.5, 0.6) is 5.75 Å². The van der Waals surface area contributed by atoms with E-state index >= 15 is 0 Å². The number of aliphatic hydroxyl groups is 1. The second kappa shape index (κ2) is 7.77. The van der Waals surface area contributed by atoms with Gasteiger partial charge in [-0.05, 0) is 37.5 Å². The highest BCUT2D eigenvalue weighted by atomic mass is 19.1. The largest absolute Gasteiger partial charge is 0.503 e. The molecule has 3 heterocycles. The maximum atomic E-state index is 14.0. The lowest BCUT2D eigenvalue weighted by molar-refractivity contribution is 0.0588. The van der Waals surface area contributed by atoms with Crippen molar-refractivity contribution in [1.82, 2.24) is 14.8 Å². The lowest BCUT2D eigenvalue weighted by atomic mass is 10.1. The Hall–Kier alpha value is -3.27. The highest BCUT2D eigenvalue weighted by molar-refractivity contribution is 5.99. The van der Waals surface area contributed by atoms with E-state index in [9.17, 15) is 33.4 Å². The van der Waals surface area contributed by atoms with E-state index in [-0.39, 0.29) is 30.4 Å². The Morgan fingerprint density at radius 3 is 2.55 bits per heavy atom. The maximum absolute atomic E-state index is 14.0. The molecule has 2 bridgehead atoms. The van der Waals surface area contributed by atoms with E-state index in [1.165, 1.54) is 22.6 Å². The van der Waals surface area contributed by atoms with Gasteiger partial charge in [-0.3, -0.25) is 14.4 Å². The summed E-state index contributed by atoms with van der Waals surface area (Å²) in [5, 5.41) is 22.7. The first-order chi connectivity index (χ1) is 14.7. The second-order valence-electron chi connectivity index (χ2n) is 7.96. The van der Waals surface area contributed by atoms with Gasteiger partial charge in [0, 0.05) is 31.4 Å². The Morgan fingerprint density at radius 1 is 1.19 bits per heavy atom. The zero-order valence-corrected chi connectivity index (χ0v) is 16.7. The number of aryl methyl sites for hydroxylation is 1. The molecule has 0 spiro atoms. The molecule has 2 amide bonds. The van der Waals surface area contributed by atoms with Crippen LogP contribution in [0.25, 0.3) is 0 Å². The molecule has 2 atom stereocenters. The molecule has 31 heavy (non-hydrogen) atoms. The van der Waals surface area contributed by atoms with Crippen molar-refractivity contribution >= 4 is 11.8 Å². The van der Waals surface area contributed by atoms with Crippen LogP contribution < -0.4 is 10.7 Å². The Balaban J connectivity index is 1.67. The van der Waals surface area contributed by atoms with Gasteiger partial charge in [-0.15, -0.1) is 0 Å². The minimum atomic E-state index is -1.05. The quantitative estimate of drug-likeness (QED) is 0.674. The third kappa shape index (κ3) is 3.67. The summed E-state index contributed by atoms with van der Waals surface area (Å²) in [6.45, 7) is 1.40. The number of carbonyl (C=O) groups excluding carboxylic acids is 2. The molecule has 1 aromatic carbocycles. The summed E-state index contributed by atoms with van der Waals surface area (Å²) < 4.78 is 29.4. The summed E-state index contributed by atoms with van der Waals surface area (Å²) in [4.78, 5) is 39.3. The Kier molecular flexibility index (Phi) is 5.26. The summed E-state index contributed by atoms with van der Waals surface area (Å²) in [5.74, 6) is -4.06. The second-order valence-corrected chi connectivity index (χ2v) is 7.96. The molecule has 0 radical (unpaired) electrons. The molecule has 2 aliphatic rings. The maximum Gasteiger partial charge on any atom is 0.274 e. The van der Waals surface area contributed by atoms with Crippen molar-refractivity contribution in [3.8, 4) is 5.75 Å². The van der Waals surface area contributed by atoms with E-state index in [0.29, 0.717) is 18.4 Å². The Bertz CT molecular complexity index is 1120. The fourth-order valence-corrected chi connectivity index (χ4v) is 4.14. The van der Waals surface area contributed by atoms with E-state index < -0.39 is 52.8 Å². The van der Waals surface area contributed by atoms with E-state index in [0.717, 1.165) is 12.1 Å². The fraction of sp³-hybridized carbons (Fsp3) is 0.381. The summed E-state index contributed by atoms with van der Waals surface area (Å²) in [7, 11) is 0. The summed E-state index contributed by atoms with van der Waals surface area (Å²) in [6, 6.07) is 1.92. The number of hydrogen-bond acceptors (Lipinski definition) is 5. The summed E-state index contributed by atoms with van der Waals surface area (Å²) in [6.07, 6.45) is 1.35. The van der Waals surface area contributed by atoms with Crippen LogP contribution in [-0.2, 0) is 6.54 Å². The van der Waals surface area contributed by atoms with Crippen LogP contribution >= 0.6 is 0 Å². The predicted octanol–water partition coefficient (Wildman–Crippen LogP) is 1.22. The number of rotatable bonds is 3. The zero-order chi connectivity index (χ0) is 22.4. The van der Waals surface area contributed by atoms with Gasteiger partial charge in [0.2, 0.25) is 5.43 Å². The van der Waals surface area contributed by atoms with Crippen molar-refractivity contribution in [3.05, 3.63) is 62.6 Å². The number of aromatic hydroxyl groups is 1. The van der Waals surface area contributed by atoms with Gasteiger partial charge in [-0.25, -0.2) is 8.78 Å². The summed E-state index contributed by atoms with van der Waals surface area (Å²) in [5.41, 5.74) is -1.70. The van der Waals surface area contributed by atoms with Gasteiger partial charge in [-0.1, -0.05) is 0 Å². The van der Waals surface area contributed by atoms with Crippen LogP contribution in [0.4, 0.5) is 8.78 Å². The standard InChI is InChI=1S/C21H21F2N3O5/c1-10-4-15(22)13(16(23)5-10)6-24-20(30)14-9-26-11-2-3-12(27)8-25(7-11)21(31)17(26)19(29)18(14)28/h4-5,9,11-12,27,29H,2-3,6-8H2,1H3,(H,24,30). The number of fused-ring (bicyclic) bond motifs is 4. The van der Waals surface area contributed by atoms with Gasteiger partial charge >= 0.3 is 0 Å². The van der Waals surface area contributed by atoms with Crippen molar-refractivity contribution in [3.63, 3.8) is 0 Å². The summed E-state index contributed by atoms with van der Waals surface area (Å²) >= 11 is 0. The number of amides is 2. The number of halogens is 2. The van der Waals surface area contributed by atoms with Crippen molar-refractivity contribution in [1.29, 1.82) is 0 Å². The average Bonchev–Trinajstić information content (AvgIpc) is 2.87. The van der Waals surface area contributed by atoms with Crippen molar-refractivity contribution in [2.45, 2.75) is 38.5 Å². The molecule has 0 aliphatic carbocycles. The molecule has 3 N–H and O–H groups in total. The van der Waals surface area contributed by atoms with Crippen LogP contribution in [0.3, 0.4) is 0 Å². The number of carbonyl (C=O) groups is 2. The van der Waals surface area contributed by atoms with E-state index in [4.69, 9.17) is 0 Å². The molecule has 1 saturated heterocycles. The number of hydrogen-bond donors (Lipinski definition) is 3. The molecule has 2 unspecified atom stereocenters. The molecule has 1 fully saturated rings. The van der Waals surface area contributed by atoms with Crippen LogP contribution in [-0.4, -0.2) is 50.7 Å². The molecule has 2 aliphatic heterocycles. The molecule has 0 saturated carbocycles. The minimum absolute atomic E-state index is 0.0961. The number of nitrogens with zero attached hydrogens (tertiary/aromatic N) is 2. The third-order valence-electron chi connectivity index (χ3n) is 5.74. The van der Waals surface area contributed by atoms with Crippen molar-refractivity contribution in [2.75, 3.05) is 13.1 Å². The van der Waals surface area contributed by atoms with Gasteiger partial charge in [0.15, 0.2) is 11.4 Å². The molecule has 4 rings (SSSR count). The number of aliphatic hydroxyl groups excluding tert-OH is 1. The SMILES string of the molecule is Cc1cc(F)c(CNC(=O)c2cn3c(c(O)c2=O)C(=O)N2CC(O)CCC3C2)c(F)c1. The lowest BCUT2D eigenvalue weighted by Gasteiger charge is -2.34. The molecular formula is C21H21F2N3O5. The first kappa shape index (κ1) is 21.0. The zero-order valence-electron chi connectivity index (χ0n) is 16.7. The third-order valence-corrected chi connectivity index (χ3v) is 5.74. The lowest BCUT2D eigenvalue weighted by Crippen LogP contribution is -2.45. The van der Waals surface area contributed by atoms with E-state index in [1.54, 1.807) is 0 Å². The normalized spacial score (nSPS) is 20.3. The Morgan fingerprint density at radius 2 is 1.87 bits per heavy atom. The van der Waals surface area contributed by atoms with Crippen molar-refractivity contribution < 1.29 is 28.6 Å². The number of aromatic nitrogens is 1. The van der Waals surface area contributed by atoms with Gasteiger partial charge < -0.3 is 25.0 Å². The average molecular weight is 433 g/mol. The van der Waals surface area contributed by atoms with Crippen LogP contribution in [0, 0.1) is 18.6 Å². The molecule has 164 valence electrons. The van der Waals surface area contributed by atoms with Crippen LogP contribution in [0.2, 0.25) is 0 Å². The monoisotopic (exact) mass is 433 g/mol. The molecule has 1 aromatic heterocycles. The number of benzene rings is 1. The molecule has 8 nitrogen and oxygen atoms in total. The topological polar surface area (TPSA) is 112 Å². The van der Waals surface area contributed by atoms with E-state index in [1.807, 2.05) is 0 Å².